The number of nitrogens with one attached hydrogen (secondary N) is 2. The third-order valence-corrected chi connectivity index (χ3v) is 2.51. The first-order chi connectivity index (χ1) is 8.79. The highest BCUT2D eigenvalue weighted by Gasteiger charge is 2.24. The molecular formula is C13H18N2O4. The summed E-state index contributed by atoms with van der Waals surface area (Å²) in [7, 11) is 0. The lowest BCUT2D eigenvalue weighted by atomic mass is 10.1. The number of hydrogen-bond donors (Lipinski definition) is 4. The normalized spacial score (nSPS) is 13.5. The van der Waals surface area contributed by atoms with E-state index in [0.29, 0.717) is 5.69 Å². The van der Waals surface area contributed by atoms with Crippen molar-refractivity contribution >= 4 is 17.7 Å². The van der Waals surface area contributed by atoms with E-state index in [-0.39, 0.29) is 0 Å². The van der Waals surface area contributed by atoms with Crippen molar-refractivity contribution in [2.75, 3.05) is 5.32 Å². The van der Waals surface area contributed by atoms with Crippen molar-refractivity contribution in [3.63, 3.8) is 0 Å². The van der Waals surface area contributed by atoms with E-state index in [1.54, 1.807) is 12.1 Å². The van der Waals surface area contributed by atoms with Gasteiger partial charge in [0.15, 0.2) is 6.04 Å². The molecule has 6 nitrogen and oxygen atoms in total. The fourth-order valence-corrected chi connectivity index (χ4v) is 1.74. The molecular weight excluding hydrogens is 248 g/mol. The number of amides is 2. The molecule has 1 aromatic carbocycles. The van der Waals surface area contributed by atoms with Gasteiger partial charge in [-0.05, 0) is 44.0 Å². The Morgan fingerprint density at radius 1 is 1.16 bits per heavy atom. The third-order valence-electron chi connectivity index (χ3n) is 2.51. The summed E-state index contributed by atoms with van der Waals surface area (Å²) in [5, 5.41) is 22.8. The average Bonchev–Trinajstić information content (AvgIpc) is 2.23. The van der Waals surface area contributed by atoms with Crippen molar-refractivity contribution in [2.24, 2.45) is 0 Å². The molecule has 1 rings (SSSR count). The number of benzene rings is 1. The Morgan fingerprint density at radius 3 is 2.11 bits per heavy atom. The summed E-state index contributed by atoms with van der Waals surface area (Å²) in [4.78, 5) is 22.5. The van der Waals surface area contributed by atoms with Crippen LogP contribution in [-0.4, -0.2) is 34.4 Å². The van der Waals surface area contributed by atoms with Crippen molar-refractivity contribution in [3.8, 4) is 0 Å². The van der Waals surface area contributed by atoms with Gasteiger partial charge in [0.2, 0.25) is 0 Å². The summed E-state index contributed by atoms with van der Waals surface area (Å²) in [6, 6.07) is 3.48. The molecule has 4 N–H and O–H groups in total. The third kappa shape index (κ3) is 4.59. The van der Waals surface area contributed by atoms with Gasteiger partial charge in [0.05, 0.1) is 6.10 Å². The molecule has 0 fully saturated rings. The van der Waals surface area contributed by atoms with Gasteiger partial charge in [0.25, 0.3) is 0 Å². The Balaban J connectivity index is 2.71. The van der Waals surface area contributed by atoms with Crippen molar-refractivity contribution < 1.29 is 19.8 Å². The maximum absolute atomic E-state index is 11.7. The van der Waals surface area contributed by atoms with Gasteiger partial charge < -0.3 is 20.8 Å². The van der Waals surface area contributed by atoms with E-state index in [4.69, 9.17) is 5.11 Å². The van der Waals surface area contributed by atoms with Crippen LogP contribution in [0.3, 0.4) is 0 Å². The van der Waals surface area contributed by atoms with E-state index < -0.39 is 24.1 Å². The molecule has 1 aromatic rings. The first-order valence-corrected chi connectivity index (χ1v) is 5.86. The van der Waals surface area contributed by atoms with E-state index in [9.17, 15) is 14.7 Å². The summed E-state index contributed by atoms with van der Waals surface area (Å²) in [5.41, 5.74) is 2.55. The number of carboxylic acids is 1. The highest BCUT2D eigenvalue weighted by molar-refractivity contribution is 5.92. The highest BCUT2D eigenvalue weighted by atomic mass is 16.4. The van der Waals surface area contributed by atoms with Crippen LogP contribution in [0.1, 0.15) is 18.1 Å². The van der Waals surface area contributed by atoms with Gasteiger partial charge in [-0.2, -0.15) is 0 Å². The number of aliphatic hydroxyl groups excluding tert-OH is 1. The van der Waals surface area contributed by atoms with Gasteiger partial charge in [-0.15, -0.1) is 0 Å². The van der Waals surface area contributed by atoms with Gasteiger partial charge >= 0.3 is 12.0 Å². The lowest BCUT2D eigenvalue weighted by molar-refractivity contribution is -0.141. The minimum Gasteiger partial charge on any atom is -0.480 e. The summed E-state index contributed by atoms with van der Waals surface area (Å²) in [6.07, 6.45) is -1.18. The summed E-state index contributed by atoms with van der Waals surface area (Å²) < 4.78 is 0. The molecule has 0 radical (unpaired) electrons. The predicted molar refractivity (Wildman–Crippen MR) is 71.2 cm³/mol. The minimum atomic E-state index is -1.34. The SMILES string of the molecule is Cc1cc(C)cc(NC(=O)N[C@H](C(=O)O)[C@@H](C)O)c1. The fourth-order valence-electron chi connectivity index (χ4n) is 1.74. The molecule has 0 saturated carbocycles. The van der Waals surface area contributed by atoms with Crippen molar-refractivity contribution in [1.29, 1.82) is 0 Å². The fraction of sp³-hybridized carbons (Fsp3) is 0.385. The number of aliphatic carboxylic acids is 1. The topological polar surface area (TPSA) is 98.7 Å². The molecule has 0 spiro atoms. The van der Waals surface area contributed by atoms with E-state index in [1.165, 1.54) is 6.92 Å². The maximum atomic E-state index is 11.7. The Morgan fingerprint density at radius 2 is 1.68 bits per heavy atom. The zero-order valence-corrected chi connectivity index (χ0v) is 11.1. The first kappa shape index (κ1) is 15.0. The van der Waals surface area contributed by atoms with E-state index in [2.05, 4.69) is 10.6 Å². The standard InChI is InChI=1S/C13H18N2O4/c1-7-4-8(2)6-10(5-7)14-13(19)15-11(9(3)16)12(17)18/h4-6,9,11,16H,1-3H3,(H,17,18)(H2,14,15,19)/t9-,11+/m1/s1. The van der Waals surface area contributed by atoms with Gasteiger partial charge in [-0.1, -0.05) is 6.07 Å². The first-order valence-electron chi connectivity index (χ1n) is 5.86. The zero-order chi connectivity index (χ0) is 14.6. The maximum Gasteiger partial charge on any atom is 0.328 e. The molecule has 0 aliphatic carbocycles. The Labute approximate surface area is 111 Å². The molecule has 2 amide bonds. The van der Waals surface area contributed by atoms with Crippen molar-refractivity contribution in [1.82, 2.24) is 5.32 Å². The molecule has 0 aliphatic rings. The summed E-state index contributed by atoms with van der Waals surface area (Å²) in [6.45, 7) is 5.09. The molecule has 0 heterocycles. The minimum absolute atomic E-state index is 0.574. The second-order valence-electron chi connectivity index (χ2n) is 4.53. The Kier molecular flexibility index (Phi) is 4.88. The number of aliphatic hydroxyl groups is 1. The number of aryl methyl sites for hydroxylation is 2. The highest BCUT2D eigenvalue weighted by Crippen LogP contribution is 2.13. The smallest absolute Gasteiger partial charge is 0.328 e. The quantitative estimate of drug-likeness (QED) is 0.659. The zero-order valence-electron chi connectivity index (χ0n) is 11.1. The number of rotatable bonds is 4. The summed E-state index contributed by atoms with van der Waals surface area (Å²) in [5.74, 6) is -1.29. The number of urea groups is 1. The van der Waals surface area contributed by atoms with Crippen LogP contribution in [0.5, 0.6) is 0 Å². The van der Waals surface area contributed by atoms with Crippen LogP contribution < -0.4 is 10.6 Å². The van der Waals surface area contributed by atoms with Gasteiger partial charge in [-0.25, -0.2) is 9.59 Å². The molecule has 0 saturated heterocycles. The predicted octanol–water partition coefficient (Wildman–Crippen LogP) is 1.26. The van der Waals surface area contributed by atoms with Crippen molar-refractivity contribution in [2.45, 2.75) is 32.9 Å². The molecule has 0 aromatic heterocycles. The second-order valence-corrected chi connectivity index (χ2v) is 4.53. The van der Waals surface area contributed by atoms with Crippen LogP contribution in [0, 0.1) is 13.8 Å². The molecule has 19 heavy (non-hydrogen) atoms. The van der Waals surface area contributed by atoms with Crippen LogP contribution in [0.25, 0.3) is 0 Å². The van der Waals surface area contributed by atoms with E-state index >= 15 is 0 Å². The van der Waals surface area contributed by atoms with Crippen LogP contribution >= 0.6 is 0 Å². The van der Waals surface area contributed by atoms with E-state index in [1.807, 2.05) is 19.9 Å². The average molecular weight is 266 g/mol. The van der Waals surface area contributed by atoms with Gasteiger partial charge in [-0.3, -0.25) is 0 Å². The molecule has 0 aliphatic heterocycles. The number of anilines is 1. The second kappa shape index (κ2) is 6.19. The number of carbonyl (C=O) groups is 2. The molecule has 104 valence electrons. The van der Waals surface area contributed by atoms with Crippen molar-refractivity contribution in [3.05, 3.63) is 29.3 Å². The number of carboxylic acid groups (broad SMARTS) is 1. The van der Waals surface area contributed by atoms with Gasteiger partial charge in [0.1, 0.15) is 0 Å². The van der Waals surface area contributed by atoms with Crippen LogP contribution in [0.4, 0.5) is 10.5 Å². The molecule has 0 unspecified atom stereocenters. The van der Waals surface area contributed by atoms with Crippen LogP contribution in [0.15, 0.2) is 18.2 Å². The lowest BCUT2D eigenvalue weighted by Gasteiger charge is -2.17. The van der Waals surface area contributed by atoms with Gasteiger partial charge in [0, 0.05) is 5.69 Å². The van der Waals surface area contributed by atoms with E-state index in [0.717, 1.165) is 11.1 Å². The number of carbonyl (C=O) groups excluding carboxylic acids is 1. The monoisotopic (exact) mass is 266 g/mol. The Bertz CT molecular complexity index is 465. The molecule has 0 bridgehead atoms. The summed E-state index contributed by atoms with van der Waals surface area (Å²) >= 11 is 0. The Hall–Kier alpha value is -2.08. The molecule has 6 heteroatoms. The lowest BCUT2D eigenvalue weighted by Crippen LogP contribution is -2.49. The number of hydrogen-bond acceptors (Lipinski definition) is 3. The van der Waals surface area contributed by atoms with Crippen LogP contribution in [-0.2, 0) is 4.79 Å². The largest absolute Gasteiger partial charge is 0.480 e. The van der Waals surface area contributed by atoms with Crippen LogP contribution in [0.2, 0.25) is 0 Å². The molecule has 2 atom stereocenters.